The van der Waals surface area contributed by atoms with Gasteiger partial charge in [0.1, 0.15) is 0 Å². The second-order valence-corrected chi connectivity index (χ2v) is 7.90. The Morgan fingerprint density at radius 3 is 2.68 bits per heavy atom. The molecule has 2 N–H and O–H groups in total. The average Bonchev–Trinajstić information content (AvgIpc) is 3.02. The fourth-order valence-corrected chi connectivity index (χ4v) is 4.35. The maximum Gasteiger partial charge on any atom is 0.416 e. The molecule has 0 radical (unpaired) electrons. The first kappa shape index (κ1) is 18.0. The lowest BCUT2D eigenvalue weighted by atomic mass is 9.97. The van der Waals surface area contributed by atoms with Gasteiger partial charge in [0.05, 0.1) is 10.5 Å². The minimum absolute atomic E-state index is 0.144. The lowest BCUT2D eigenvalue weighted by Gasteiger charge is -2.14. The van der Waals surface area contributed by atoms with E-state index in [1.165, 1.54) is 17.8 Å². The van der Waals surface area contributed by atoms with Crippen molar-refractivity contribution in [3.8, 4) is 0 Å². The number of aromatic amines is 1. The van der Waals surface area contributed by atoms with Crippen LogP contribution in [0.3, 0.4) is 0 Å². The van der Waals surface area contributed by atoms with Crippen molar-refractivity contribution in [2.75, 3.05) is 6.54 Å². The van der Waals surface area contributed by atoms with E-state index in [1.807, 2.05) is 0 Å². The molecule has 3 rings (SSSR count). The summed E-state index contributed by atoms with van der Waals surface area (Å²) in [5.74, 6) is 0. The molecule has 0 unspecified atom stereocenters. The SMILES string of the molecule is O=S(=O)(NCCC1=CCCCC1)c1cc(C(F)(F)F)cc2[nH]ccc12. The zero-order valence-corrected chi connectivity index (χ0v) is 14.3. The quantitative estimate of drug-likeness (QED) is 0.766. The molecule has 1 aliphatic carbocycles. The molecule has 0 bridgehead atoms. The number of allylic oxidation sites excluding steroid dienone is 1. The van der Waals surface area contributed by atoms with E-state index in [4.69, 9.17) is 0 Å². The molecular weight excluding hydrogens is 353 g/mol. The maximum absolute atomic E-state index is 13.0. The Morgan fingerprint density at radius 2 is 2.00 bits per heavy atom. The highest BCUT2D eigenvalue weighted by atomic mass is 32.2. The van der Waals surface area contributed by atoms with Crippen LogP contribution in [0.2, 0.25) is 0 Å². The van der Waals surface area contributed by atoms with Crippen LogP contribution in [0.5, 0.6) is 0 Å². The van der Waals surface area contributed by atoms with Crippen molar-refractivity contribution < 1.29 is 21.6 Å². The average molecular weight is 372 g/mol. The van der Waals surface area contributed by atoms with Gasteiger partial charge in [-0.15, -0.1) is 0 Å². The van der Waals surface area contributed by atoms with Gasteiger partial charge in [-0.05, 0) is 50.3 Å². The number of aromatic nitrogens is 1. The summed E-state index contributed by atoms with van der Waals surface area (Å²) in [6.45, 7) is 0.177. The summed E-state index contributed by atoms with van der Waals surface area (Å²) in [4.78, 5) is 2.30. The molecule has 4 nitrogen and oxygen atoms in total. The van der Waals surface area contributed by atoms with E-state index in [9.17, 15) is 21.6 Å². The van der Waals surface area contributed by atoms with Crippen LogP contribution >= 0.6 is 0 Å². The van der Waals surface area contributed by atoms with Crippen LogP contribution in [0.25, 0.3) is 10.9 Å². The van der Waals surface area contributed by atoms with Crippen molar-refractivity contribution in [1.29, 1.82) is 0 Å². The van der Waals surface area contributed by atoms with Crippen LogP contribution in [0.4, 0.5) is 13.2 Å². The molecule has 0 fully saturated rings. The van der Waals surface area contributed by atoms with E-state index >= 15 is 0 Å². The Bertz CT molecular complexity index is 898. The minimum Gasteiger partial charge on any atom is -0.361 e. The Labute approximate surface area is 144 Å². The molecular formula is C17H19F3N2O2S. The standard InChI is InChI=1S/C17H19F3N2O2S/c18-17(19,20)13-10-15-14(7-8-21-15)16(11-13)25(23,24)22-9-6-12-4-2-1-3-5-12/h4,7-8,10-11,21-22H,1-3,5-6,9H2. The zero-order chi connectivity index (χ0) is 18.1. The van der Waals surface area contributed by atoms with Crippen molar-refractivity contribution in [1.82, 2.24) is 9.71 Å². The van der Waals surface area contributed by atoms with Crippen LogP contribution in [0.15, 0.2) is 40.9 Å². The second-order valence-electron chi connectivity index (χ2n) is 6.17. The van der Waals surface area contributed by atoms with Gasteiger partial charge in [-0.3, -0.25) is 0 Å². The van der Waals surface area contributed by atoms with Gasteiger partial charge in [0.2, 0.25) is 10.0 Å². The third kappa shape index (κ3) is 4.07. The van der Waals surface area contributed by atoms with E-state index in [1.54, 1.807) is 0 Å². The first-order valence-corrected chi connectivity index (χ1v) is 9.61. The molecule has 1 heterocycles. The number of hydrogen-bond acceptors (Lipinski definition) is 2. The summed E-state index contributed by atoms with van der Waals surface area (Å²) in [7, 11) is -4.04. The zero-order valence-electron chi connectivity index (χ0n) is 13.5. The lowest BCUT2D eigenvalue weighted by Crippen LogP contribution is -2.26. The molecule has 25 heavy (non-hydrogen) atoms. The van der Waals surface area contributed by atoms with E-state index in [0.29, 0.717) is 12.5 Å². The summed E-state index contributed by atoms with van der Waals surface area (Å²) in [6, 6.07) is 3.08. The molecule has 8 heteroatoms. The number of H-pyrrole nitrogens is 1. The van der Waals surface area contributed by atoms with Crippen LogP contribution < -0.4 is 4.72 Å². The number of sulfonamides is 1. The first-order valence-electron chi connectivity index (χ1n) is 8.13. The number of benzene rings is 1. The fraction of sp³-hybridized carbons (Fsp3) is 0.412. The van der Waals surface area contributed by atoms with Crippen LogP contribution in [0.1, 0.15) is 37.7 Å². The number of rotatable bonds is 5. The van der Waals surface area contributed by atoms with Gasteiger partial charge >= 0.3 is 6.18 Å². The topological polar surface area (TPSA) is 62.0 Å². The Kier molecular flexibility index (Phi) is 4.92. The predicted octanol–water partition coefficient (Wildman–Crippen LogP) is 4.36. The molecule has 1 aliphatic rings. The maximum atomic E-state index is 13.0. The summed E-state index contributed by atoms with van der Waals surface area (Å²) < 4.78 is 66.7. The Morgan fingerprint density at radius 1 is 1.20 bits per heavy atom. The summed E-state index contributed by atoms with van der Waals surface area (Å²) >= 11 is 0. The van der Waals surface area contributed by atoms with Crippen molar-refractivity contribution in [2.24, 2.45) is 0 Å². The summed E-state index contributed by atoms with van der Waals surface area (Å²) in [5.41, 5.74) is 0.354. The Balaban J connectivity index is 1.85. The molecule has 136 valence electrons. The van der Waals surface area contributed by atoms with Crippen LogP contribution in [-0.4, -0.2) is 19.9 Å². The largest absolute Gasteiger partial charge is 0.416 e. The van der Waals surface area contributed by atoms with Gasteiger partial charge in [0.15, 0.2) is 0 Å². The van der Waals surface area contributed by atoms with Crippen LogP contribution in [-0.2, 0) is 16.2 Å². The summed E-state index contributed by atoms with van der Waals surface area (Å²) in [6.07, 6.45) is 3.70. The molecule has 0 saturated carbocycles. The highest BCUT2D eigenvalue weighted by Gasteiger charge is 2.33. The normalized spacial score (nSPS) is 16.2. The molecule has 2 aromatic rings. The first-order chi connectivity index (χ1) is 11.8. The lowest BCUT2D eigenvalue weighted by molar-refractivity contribution is -0.137. The molecule has 0 spiro atoms. The number of fused-ring (bicyclic) bond motifs is 1. The number of alkyl halides is 3. The molecule has 1 aromatic heterocycles. The predicted molar refractivity (Wildman–Crippen MR) is 89.7 cm³/mol. The minimum atomic E-state index is -4.61. The van der Waals surface area contributed by atoms with E-state index in [0.717, 1.165) is 31.7 Å². The van der Waals surface area contributed by atoms with Crippen molar-refractivity contribution in [3.05, 3.63) is 41.6 Å². The van der Waals surface area contributed by atoms with E-state index in [-0.39, 0.29) is 22.3 Å². The van der Waals surface area contributed by atoms with Crippen LogP contribution in [0, 0.1) is 0 Å². The number of hydrogen-bond donors (Lipinski definition) is 2. The van der Waals surface area contributed by atoms with Gasteiger partial charge in [-0.1, -0.05) is 11.6 Å². The van der Waals surface area contributed by atoms with Crippen molar-refractivity contribution in [3.63, 3.8) is 0 Å². The van der Waals surface area contributed by atoms with Gasteiger partial charge < -0.3 is 4.98 Å². The third-order valence-electron chi connectivity index (χ3n) is 4.37. The summed E-state index contributed by atoms with van der Waals surface area (Å²) in [5, 5.41) is 0.248. The van der Waals surface area contributed by atoms with Crippen molar-refractivity contribution in [2.45, 2.75) is 43.2 Å². The Hall–Kier alpha value is -1.80. The molecule has 0 amide bonds. The van der Waals surface area contributed by atoms with E-state index < -0.39 is 21.8 Å². The van der Waals surface area contributed by atoms with Gasteiger partial charge in [0, 0.05) is 23.6 Å². The second kappa shape index (κ2) is 6.84. The van der Waals surface area contributed by atoms with Gasteiger partial charge in [-0.2, -0.15) is 13.2 Å². The molecule has 0 atom stereocenters. The molecule has 1 aromatic carbocycles. The van der Waals surface area contributed by atoms with Gasteiger partial charge in [0.25, 0.3) is 0 Å². The monoisotopic (exact) mass is 372 g/mol. The fourth-order valence-electron chi connectivity index (χ4n) is 3.07. The highest BCUT2D eigenvalue weighted by molar-refractivity contribution is 7.89. The molecule has 0 aliphatic heterocycles. The smallest absolute Gasteiger partial charge is 0.361 e. The number of nitrogens with one attached hydrogen (secondary N) is 2. The van der Waals surface area contributed by atoms with Crippen molar-refractivity contribution >= 4 is 20.9 Å². The number of halogens is 3. The van der Waals surface area contributed by atoms with E-state index in [2.05, 4.69) is 15.8 Å². The van der Waals surface area contributed by atoms with Gasteiger partial charge in [-0.25, -0.2) is 13.1 Å². The third-order valence-corrected chi connectivity index (χ3v) is 5.87. The highest BCUT2D eigenvalue weighted by Crippen LogP contribution is 2.34. The molecule has 0 saturated heterocycles.